The Bertz CT molecular complexity index is 560. The van der Waals surface area contributed by atoms with Crippen molar-refractivity contribution >= 4 is 12.0 Å². The van der Waals surface area contributed by atoms with Crippen LogP contribution in [0.25, 0.3) is 6.08 Å². The maximum atomic E-state index is 11.9. The predicted octanol–water partition coefficient (Wildman–Crippen LogP) is 3.04. The molecule has 118 valence electrons. The fourth-order valence-electron chi connectivity index (χ4n) is 1.91. The number of benzene rings is 1. The van der Waals surface area contributed by atoms with Gasteiger partial charge in [0.25, 0.3) is 5.91 Å². The van der Waals surface area contributed by atoms with Gasteiger partial charge in [-0.15, -0.1) is 0 Å². The Kier molecular flexibility index (Phi) is 6.81. The molecule has 1 aromatic rings. The number of rotatable bonds is 6. The highest BCUT2D eigenvalue weighted by atomic mass is 16.5. The van der Waals surface area contributed by atoms with Gasteiger partial charge in [0.1, 0.15) is 11.6 Å². The number of ether oxygens (including phenoxy) is 1. The van der Waals surface area contributed by atoms with Gasteiger partial charge < -0.3 is 10.1 Å². The zero-order valence-electron chi connectivity index (χ0n) is 13.8. The van der Waals surface area contributed by atoms with Crippen LogP contribution in [0.5, 0.6) is 0 Å². The van der Waals surface area contributed by atoms with Gasteiger partial charge in [0.15, 0.2) is 0 Å². The summed E-state index contributed by atoms with van der Waals surface area (Å²) in [5.41, 5.74) is 2.25. The van der Waals surface area contributed by atoms with E-state index in [0.29, 0.717) is 13.2 Å². The van der Waals surface area contributed by atoms with Gasteiger partial charge in [-0.05, 0) is 29.0 Å². The topological polar surface area (TPSA) is 62.1 Å². The van der Waals surface area contributed by atoms with E-state index in [-0.39, 0.29) is 16.9 Å². The van der Waals surface area contributed by atoms with Crippen LogP contribution >= 0.6 is 0 Å². The summed E-state index contributed by atoms with van der Waals surface area (Å²) < 4.78 is 4.91. The molecule has 0 fully saturated rings. The predicted molar refractivity (Wildman–Crippen MR) is 88.2 cm³/mol. The van der Waals surface area contributed by atoms with Gasteiger partial charge in [0.05, 0.1) is 0 Å². The number of carbonyl (C=O) groups is 1. The molecule has 1 aromatic carbocycles. The summed E-state index contributed by atoms with van der Waals surface area (Å²) in [6, 6.07) is 9.86. The van der Waals surface area contributed by atoms with E-state index in [1.165, 1.54) is 5.56 Å². The summed E-state index contributed by atoms with van der Waals surface area (Å²) in [4.78, 5) is 11.9. The molecule has 0 radical (unpaired) electrons. The van der Waals surface area contributed by atoms with Crippen LogP contribution < -0.4 is 5.32 Å². The molecule has 0 aliphatic heterocycles. The Labute approximate surface area is 132 Å². The lowest BCUT2D eigenvalue weighted by atomic mass is 9.86. The van der Waals surface area contributed by atoms with Crippen molar-refractivity contribution in [1.29, 1.82) is 5.26 Å². The van der Waals surface area contributed by atoms with Gasteiger partial charge in [0.2, 0.25) is 0 Å². The number of carbonyl (C=O) groups excluding carboxylic acids is 1. The van der Waals surface area contributed by atoms with Crippen molar-refractivity contribution in [3.8, 4) is 6.07 Å². The summed E-state index contributed by atoms with van der Waals surface area (Å²) in [7, 11) is 1.61. The second kappa shape index (κ2) is 8.35. The van der Waals surface area contributed by atoms with E-state index in [0.717, 1.165) is 12.0 Å². The monoisotopic (exact) mass is 300 g/mol. The first kappa shape index (κ1) is 17.9. The lowest BCUT2D eigenvalue weighted by Crippen LogP contribution is -2.26. The summed E-state index contributed by atoms with van der Waals surface area (Å²) >= 11 is 0. The number of hydrogen-bond donors (Lipinski definition) is 1. The van der Waals surface area contributed by atoms with Crippen molar-refractivity contribution in [3.05, 3.63) is 41.0 Å². The highest BCUT2D eigenvalue weighted by molar-refractivity contribution is 6.01. The van der Waals surface area contributed by atoms with Gasteiger partial charge in [-0.2, -0.15) is 5.26 Å². The molecular weight excluding hydrogens is 276 g/mol. The maximum absolute atomic E-state index is 11.9. The molecule has 0 atom stereocenters. The first-order valence-corrected chi connectivity index (χ1v) is 7.38. The molecular formula is C18H24N2O2. The summed E-state index contributed by atoms with van der Waals surface area (Å²) in [6.07, 6.45) is 2.33. The van der Waals surface area contributed by atoms with Crippen LogP contribution in [0.1, 0.15) is 38.3 Å². The third-order valence-electron chi connectivity index (χ3n) is 3.26. The van der Waals surface area contributed by atoms with Crippen LogP contribution in [0.15, 0.2) is 29.8 Å². The minimum atomic E-state index is -0.349. The smallest absolute Gasteiger partial charge is 0.261 e. The van der Waals surface area contributed by atoms with Crippen molar-refractivity contribution in [2.45, 2.75) is 32.6 Å². The van der Waals surface area contributed by atoms with Crippen molar-refractivity contribution in [2.24, 2.45) is 0 Å². The van der Waals surface area contributed by atoms with Gasteiger partial charge in [-0.1, -0.05) is 45.0 Å². The standard InChI is InChI=1S/C18H24N2O2/c1-18(2,3)16-8-6-14(7-9-16)12-15(13-19)17(21)20-10-5-11-22-4/h6-9,12H,5,10-11H2,1-4H3,(H,20,21)/b15-12+. The molecule has 0 bridgehead atoms. The average Bonchev–Trinajstić information content (AvgIpc) is 2.48. The van der Waals surface area contributed by atoms with Crippen LogP contribution in [-0.4, -0.2) is 26.2 Å². The number of amides is 1. The fourth-order valence-corrected chi connectivity index (χ4v) is 1.91. The third kappa shape index (κ3) is 5.71. The molecule has 0 saturated carbocycles. The molecule has 4 heteroatoms. The number of methoxy groups -OCH3 is 1. The van der Waals surface area contributed by atoms with Crippen molar-refractivity contribution in [1.82, 2.24) is 5.32 Å². The van der Waals surface area contributed by atoms with Crippen LogP contribution in [0.2, 0.25) is 0 Å². The van der Waals surface area contributed by atoms with Crippen LogP contribution in [0.3, 0.4) is 0 Å². The van der Waals surface area contributed by atoms with Crippen LogP contribution in [0.4, 0.5) is 0 Å². The first-order chi connectivity index (χ1) is 10.4. The van der Waals surface area contributed by atoms with Gasteiger partial charge in [-0.3, -0.25) is 4.79 Å². The van der Waals surface area contributed by atoms with E-state index in [4.69, 9.17) is 10.00 Å². The first-order valence-electron chi connectivity index (χ1n) is 7.38. The second-order valence-corrected chi connectivity index (χ2v) is 6.14. The Morgan fingerprint density at radius 1 is 1.32 bits per heavy atom. The van der Waals surface area contributed by atoms with Crippen molar-refractivity contribution in [2.75, 3.05) is 20.3 Å². The highest BCUT2D eigenvalue weighted by Gasteiger charge is 2.13. The third-order valence-corrected chi connectivity index (χ3v) is 3.26. The largest absolute Gasteiger partial charge is 0.385 e. The zero-order chi connectivity index (χ0) is 16.6. The molecule has 0 aromatic heterocycles. The Morgan fingerprint density at radius 2 is 1.95 bits per heavy atom. The molecule has 0 spiro atoms. The number of nitriles is 1. The fraction of sp³-hybridized carbons (Fsp3) is 0.444. The molecule has 0 unspecified atom stereocenters. The Hall–Kier alpha value is -2.12. The Balaban J connectivity index is 2.76. The normalized spacial score (nSPS) is 11.9. The molecule has 1 amide bonds. The molecule has 4 nitrogen and oxygen atoms in total. The molecule has 0 aliphatic carbocycles. The number of nitrogens with one attached hydrogen (secondary N) is 1. The van der Waals surface area contributed by atoms with Crippen LogP contribution in [0, 0.1) is 11.3 Å². The Morgan fingerprint density at radius 3 is 2.45 bits per heavy atom. The number of hydrogen-bond acceptors (Lipinski definition) is 3. The SMILES string of the molecule is COCCCNC(=O)/C(C#N)=C/c1ccc(C(C)(C)C)cc1. The second-order valence-electron chi connectivity index (χ2n) is 6.14. The highest BCUT2D eigenvalue weighted by Crippen LogP contribution is 2.22. The van der Waals surface area contributed by atoms with E-state index in [2.05, 4.69) is 26.1 Å². The van der Waals surface area contributed by atoms with Gasteiger partial charge in [-0.25, -0.2) is 0 Å². The minimum absolute atomic E-state index is 0.0824. The van der Waals surface area contributed by atoms with E-state index in [1.54, 1.807) is 13.2 Å². The molecule has 0 saturated heterocycles. The summed E-state index contributed by atoms with van der Waals surface area (Å²) in [5, 5.41) is 11.9. The minimum Gasteiger partial charge on any atom is -0.385 e. The quantitative estimate of drug-likeness (QED) is 0.499. The van der Waals surface area contributed by atoms with E-state index in [1.807, 2.05) is 30.3 Å². The van der Waals surface area contributed by atoms with Crippen molar-refractivity contribution in [3.63, 3.8) is 0 Å². The molecule has 22 heavy (non-hydrogen) atoms. The molecule has 1 rings (SSSR count). The zero-order valence-corrected chi connectivity index (χ0v) is 13.8. The average molecular weight is 300 g/mol. The van der Waals surface area contributed by atoms with Gasteiger partial charge in [0, 0.05) is 20.3 Å². The van der Waals surface area contributed by atoms with E-state index in [9.17, 15) is 4.79 Å². The van der Waals surface area contributed by atoms with E-state index >= 15 is 0 Å². The van der Waals surface area contributed by atoms with Crippen LogP contribution in [-0.2, 0) is 14.9 Å². The lowest BCUT2D eigenvalue weighted by Gasteiger charge is -2.18. The van der Waals surface area contributed by atoms with Gasteiger partial charge >= 0.3 is 0 Å². The maximum Gasteiger partial charge on any atom is 0.261 e. The number of nitrogens with zero attached hydrogens (tertiary/aromatic N) is 1. The summed E-state index contributed by atoms with van der Waals surface area (Å²) in [5.74, 6) is -0.349. The molecule has 0 heterocycles. The lowest BCUT2D eigenvalue weighted by molar-refractivity contribution is -0.117. The molecule has 0 aliphatic rings. The van der Waals surface area contributed by atoms with E-state index < -0.39 is 0 Å². The summed E-state index contributed by atoms with van der Waals surface area (Å²) in [6.45, 7) is 7.51. The van der Waals surface area contributed by atoms with Crippen molar-refractivity contribution < 1.29 is 9.53 Å². The molecule has 1 N–H and O–H groups in total.